The fraction of sp³-hybridized carbons (Fsp3) is 0.300. The maximum atomic E-state index is 13.6. The van der Waals surface area contributed by atoms with Crippen LogP contribution in [0.3, 0.4) is 0 Å². The lowest BCUT2D eigenvalue weighted by Gasteiger charge is -2.19. The van der Waals surface area contributed by atoms with Crippen LogP contribution >= 0.6 is 0 Å². The molecule has 2 aromatic rings. The summed E-state index contributed by atoms with van der Waals surface area (Å²) in [6, 6.07) is 9.76. The molecular weight excluding hydrogens is 431 g/mol. The molecule has 0 aromatic heterocycles. The smallest absolute Gasteiger partial charge is 0.307 e. The second kappa shape index (κ2) is 9.75. The van der Waals surface area contributed by atoms with Gasteiger partial charge < -0.3 is 19.5 Å². The number of ether oxygens (including phenoxy) is 3. The number of sulfonamides is 1. The summed E-state index contributed by atoms with van der Waals surface area (Å²) in [6.45, 7) is 1.79. The predicted molar refractivity (Wildman–Crippen MR) is 108 cm³/mol. The highest BCUT2D eigenvalue weighted by molar-refractivity contribution is 7.89. The summed E-state index contributed by atoms with van der Waals surface area (Å²) in [6.07, 6.45) is -1.50. The van der Waals surface area contributed by atoms with Gasteiger partial charge in [-0.2, -0.15) is 0 Å². The van der Waals surface area contributed by atoms with E-state index < -0.39 is 33.8 Å². The lowest BCUT2D eigenvalue weighted by atomic mass is 10.3. The van der Waals surface area contributed by atoms with Gasteiger partial charge in [0, 0.05) is 12.6 Å². The van der Waals surface area contributed by atoms with E-state index in [-0.39, 0.29) is 23.5 Å². The van der Waals surface area contributed by atoms with Crippen LogP contribution in [0.15, 0.2) is 47.4 Å². The number of carbonyl (C=O) groups excluding carboxylic acids is 2. The van der Waals surface area contributed by atoms with E-state index in [1.54, 1.807) is 6.07 Å². The predicted octanol–water partition coefficient (Wildman–Crippen LogP) is 1.84. The van der Waals surface area contributed by atoms with E-state index in [1.807, 2.05) is 0 Å². The van der Waals surface area contributed by atoms with Gasteiger partial charge in [-0.15, -0.1) is 0 Å². The third kappa shape index (κ3) is 5.92. The van der Waals surface area contributed by atoms with E-state index >= 15 is 0 Å². The molecule has 1 aliphatic rings. The van der Waals surface area contributed by atoms with Crippen LogP contribution in [0.2, 0.25) is 0 Å². The molecular formula is C20H21FN2O7S. The van der Waals surface area contributed by atoms with E-state index in [0.717, 1.165) is 0 Å². The Morgan fingerprint density at radius 2 is 1.84 bits per heavy atom. The van der Waals surface area contributed by atoms with Crippen molar-refractivity contribution in [1.82, 2.24) is 4.72 Å². The molecule has 3 rings (SSSR count). The molecule has 1 aliphatic heterocycles. The number of benzene rings is 2. The molecule has 1 unspecified atom stereocenters. The maximum Gasteiger partial charge on any atom is 0.307 e. The van der Waals surface area contributed by atoms with Gasteiger partial charge in [0.15, 0.2) is 17.6 Å². The number of nitrogens with one attached hydrogen (secondary N) is 2. The minimum Gasteiger partial charge on any atom is -0.486 e. The number of para-hydroxylation sites is 1. The van der Waals surface area contributed by atoms with Crippen molar-refractivity contribution in [2.45, 2.75) is 24.3 Å². The molecule has 1 atom stereocenters. The van der Waals surface area contributed by atoms with Gasteiger partial charge in [0.2, 0.25) is 10.0 Å². The van der Waals surface area contributed by atoms with E-state index in [0.29, 0.717) is 24.7 Å². The van der Waals surface area contributed by atoms with Gasteiger partial charge >= 0.3 is 5.97 Å². The quantitative estimate of drug-likeness (QED) is 0.587. The monoisotopic (exact) mass is 452 g/mol. The number of carbonyl (C=O) groups is 2. The largest absolute Gasteiger partial charge is 0.486 e. The first-order valence-electron chi connectivity index (χ1n) is 9.40. The summed E-state index contributed by atoms with van der Waals surface area (Å²) in [5.41, 5.74) is -0.0393. The lowest BCUT2D eigenvalue weighted by Crippen LogP contribution is -2.32. The highest BCUT2D eigenvalue weighted by atomic mass is 32.2. The fourth-order valence-corrected chi connectivity index (χ4v) is 3.72. The first-order valence-corrected chi connectivity index (χ1v) is 10.9. The third-order valence-corrected chi connectivity index (χ3v) is 5.71. The second-order valence-corrected chi connectivity index (χ2v) is 8.32. The van der Waals surface area contributed by atoms with Gasteiger partial charge in [0.1, 0.15) is 19.0 Å². The first-order chi connectivity index (χ1) is 14.8. The number of amides is 1. The van der Waals surface area contributed by atoms with Crippen LogP contribution in [0, 0.1) is 5.82 Å². The molecule has 0 saturated heterocycles. The van der Waals surface area contributed by atoms with Crippen molar-refractivity contribution < 1.29 is 36.6 Å². The summed E-state index contributed by atoms with van der Waals surface area (Å²) < 4.78 is 56.4. The highest BCUT2D eigenvalue weighted by Gasteiger charge is 2.21. The Morgan fingerprint density at radius 1 is 1.13 bits per heavy atom. The Morgan fingerprint density at radius 3 is 2.58 bits per heavy atom. The molecule has 0 spiro atoms. The van der Waals surface area contributed by atoms with Gasteiger partial charge in [0.25, 0.3) is 5.91 Å². The third-order valence-electron chi connectivity index (χ3n) is 4.25. The summed E-state index contributed by atoms with van der Waals surface area (Å²) in [7, 11) is -3.89. The zero-order valence-corrected chi connectivity index (χ0v) is 17.4. The van der Waals surface area contributed by atoms with Crippen molar-refractivity contribution in [2.75, 3.05) is 25.1 Å². The molecule has 0 saturated carbocycles. The Hall–Kier alpha value is -3.18. The molecule has 0 bridgehead atoms. The number of halogens is 1. The van der Waals surface area contributed by atoms with Gasteiger partial charge in [-0.1, -0.05) is 12.1 Å². The Labute approximate surface area is 178 Å². The van der Waals surface area contributed by atoms with Gasteiger partial charge in [-0.3, -0.25) is 9.59 Å². The Bertz CT molecular complexity index is 1070. The second-order valence-electron chi connectivity index (χ2n) is 6.55. The average molecular weight is 452 g/mol. The first kappa shape index (κ1) is 22.5. The van der Waals surface area contributed by atoms with Crippen molar-refractivity contribution in [2.24, 2.45) is 0 Å². The molecule has 11 heteroatoms. The van der Waals surface area contributed by atoms with Crippen LogP contribution in [0.5, 0.6) is 11.5 Å². The molecule has 31 heavy (non-hydrogen) atoms. The Balaban J connectivity index is 1.48. The van der Waals surface area contributed by atoms with Crippen LogP contribution in [0.1, 0.15) is 13.3 Å². The summed E-state index contributed by atoms with van der Waals surface area (Å²) in [5.74, 6) is -1.35. The highest BCUT2D eigenvalue weighted by Crippen LogP contribution is 2.32. The number of esters is 1. The lowest BCUT2D eigenvalue weighted by molar-refractivity contribution is -0.152. The van der Waals surface area contributed by atoms with Crippen LogP contribution in [-0.4, -0.2) is 46.2 Å². The molecule has 9 nitrogen and oxygen atoms in total. The van der Waals surface area contributed by atoms with Crippen molar-refractivity contribution in [3.05, 3.63) is 48.3 Å². The topological polar surface area (TPSA) is 120 Å². The van der Waals surface area contributed by atoms with E-state index in [4.69, 9.17) is 14.2 Å². The molecule has 166 valence electrons. The molecule has 0 fully saturated rings. The van der Waals surface area contributed by atoms with Crippen LogP contribution in [0.25, 0.3) is 0 Å². The van der Waals surface area contributed by atoms with Crippen molar-refractivity contribution in [1.29, 1.82) is 0 Å². The number of hydrogen-bond donors (Lipinski definition) is 2. The molecule has 2 aromatic carbocycles. The number of fused-ring (bicyclic) bond motifs is 1. The number of anilines is 1. The maximum absolute atomic E-state index is 13.6. The normalized spacial score (nSPS) is 13.9. The number of hydrogen-bond acceptors (Lipinski definition) is 7. The van der Waals surface area contributed by atoms with Crippen LogP contribution < -0.4 is 19.5 Å². The molecule has 2 N–H and O–H groups in total. The van der Waals surface area contributed by atoms with Gasteiger partial charge in [-0.05, 0) is 31.2 Å². The molecule has 0 aliphatic carbocycles. The standard InChI is InChI=1S/C20H21FN2O7S/c1-13(20(25)23-16-5-3-2-4-15(16)21)30-19(24)8-9-22-31(26,27)14-6-7-17-18(12-14)29-11-10-28-17/h2-7,12-13,22H,8-11H2,1H3,(H,23,25). The zero-order chi connectivity index (χ0) is 22.4. The summed E-state index contributed by atoms with van der Waals surface area (Å²) >= 11 is 0. The zero-order valence-electron chi connectivity index (χ0n) is 16.6. The molecule has 1 amide bonds. The summed E-state index contributed by atoms with van der Waals surface area (Å²) in [5, 5.41) is 2.32. The summed E-state index contributed by atoms with van der Waals surface area (Å²) in [4.78, 5) is 24.0. The fourth-order valence-electron chi connectivity index (χ4n) is 2.67. The minimum absolute atomic E-state index is 0.0391. The average Bonchev–Trinajstić information content (AvgIpc) is 2.74. The van der Waals surface area contributed by atoms with Crippen LogP contribution in [0.4, 0.5) is 10.1 Å². The number of rotatable bonds is 8. The van der Waals surface area contributed by atoms with Gasteiger partial charge in [0.05, 0.1) is 17.0 Å². The minimum atomic E-state index is -3.89. The van der Waals surface area contributed by atoms with Crippen molar-refractivity contribution >= 4 is 27.6 Å². The molecule has 0 radical (unpaired) electrons. The van der Waals surface area contributed by atoms with Gasteiger partial charge in [-0.25, -0.2) is 17.5 Å². The van der Waals surface area contributed by atoms with E-state index in [9.17, 15) is 22.4 Å². The SMILES string of the molecule is CC(OC(=O)CCNS(=O)(=O)c1ccc2c(c1)OCCO2)C(=O)Nc1ccccc1F. The Kier molecular flexibility index (Phi) is 7.08. The van der Waals surface area contributed by atoms with Crippen LogP contribution in [-0.2, 0) is 24.3 Å². The van der Waals surface area contributed by atoms with E-state index in [1.165, 1.54) is 43.3 Å². The molecule has 1 heterocycles. The van der Waals surface area contributed by atoms with E-state index in [2.05, 4.69) is 10.0 Å². The van der Waals surface area contributed by atoms with Crippen molar-refractivity contribution in [3.63, 3.8) is 0 Å². The van der Waals surface area contributed by atoms with Crippen molar-refractivity contribution in [3.8, 4) is 11.5 Å².